The number of imide groups is 1. The highest BCUT2D eigenvalue weighted by atomic mass is 19.1. The summed E-state index contributed by atoms with van der Waals surface area (Å²) in [6, 6.07) is 3.14. The van der Waals surface area contributed by atoms with Gasteiger partial charge in [0.25, 0.3) is 0 Å². The van der Waals surface area contributed by atoms with Crippen LogP contribution in [0, 0.1) is 39.6 Å². The van der Waals surface area contributed by atoms with Gasteiger partial charge >= 0.3 is 5.69 Å². The average Bonchev–Trinajstić information content (AvgIpc) is 3.14. The van der Waals surface area contributed by atoms with Gasteiger partial charge in [-0.2, -0.15) is 4.39 Å². The van der Waals surface area contributed by atoms with Crippen molar-refractivity contribution in [3.63, 3.8) is 0 Å². The molecule has 0 spiro atoms. The summed E-state index contributed by atoms with van der Waals surface area (Å²) in [5, 5.41) is 10.8. The second-order valence-electron chi connectivity index (χ2n) is 6.29. The van der Waals surface area contributed by atoms with E-state index in [4.69, 9.17) is 0 Å². The van der Waals surface area contributed by atoms with Crippen LogP contribution < -0.4 is 4.90 Å². The molecule has 1 saturated heterocycles. The Kier molecular flexibility index (Phi) is 2.64. The Balaban J connectivity index is 1.75. The Morgan fingerprint density at radius 1 is 1.14 bits per heavy atom. The van der Waals surface area contributed by atoms with Crippen LogP contribution in [0.5, 0.6) is 0 Å². The number of carbonyl (C=O) groups excluding carboxylic acids is 2. The predicted octanol–water partition coefficient (Wildman–Crippen LogP) is 2.27. The minimum Gasteiger partial charge on any atom is -0.274 e. The Morgan fingerprint density at radius 2 is 1.73 bits per heavy atom. The molecule has 4 rings (SSSR count). The van der Waals surface area contributed by atoms with Crippen LogP contribution in [0.4, 0.5) is 15.8 Å². The number of hydrogen-bond donors (Lipinski definition) is 0. The lowest BCUT2D eigenvalue weighted by Crippen LogP contribution is -2.32. The van der Waals surface area contributed by atoms with Gasteiger partial charge in [-0.25, -0.2) is 4.90 Å². The van der Waals surface area contributed by atoms with E-state index < -0.39 is 16.4 Å². The summed E-state index contributed by atoms with van der Waals surface area (Å²) in [5.74, 6) is -1.66. The average molecular weight is 304 g/mol. The molecule has 2 aliphatic carbocycles. The van der Waals surface area contributed by atoms with Crippen molar-refractivity contribution in [2.24, 2.45) is 23.7 Å². The highest BCUT2D eigenvalue weighted by Gasteiger charge is 2.61. The van der Waals surface area contributed by atoms with Crippen molar-refractivity contribution in [1.82, 2.24) is 0 Å². The number of rotatable bonds is 2. The summed E-state index contributed by atoms with van der Waals surface area (Å²) in [7, 11) is 0. The molecule has 114 valence electrons. The lowest BCUT2D eigenvalue weighted by molar-refractivity contribution is -0.387. The van der Waals surface area contributed by atoms with Crippen molar-refractivity contribution < 1.29 is 18.9 Å². The molecule has 6 nitrogen and oxygen atoms in total. The van der Waals surface area contributed by atoms with Gasteiger partial charge in [0, 0.05) is 6.07 Å². The van der Waals surface area contributed by atoms with E-state index in [9.17, 15) is 24.1 Å². The first-order valence-corrected chi connectivity index (χ1v) is 7.31. The Morgan fingerprint density at radius 3 is 2.27 bits per heavy atom. The van der Waals surface area contributed by atoms with Crippen LogP contribution in [-0.2, 0) is 9.59 Å². The number of carbonyl (C=O) groups is 2. The van der Waals surface area contributed by atoms with Gasteiger partial charge in [0.15, 0.2) is 0 Å². The standard InChI is InChI=1S/C15H13FN2O4/c16-10-4-3-9(6-11(10)18(21)22)17-14(19)12-7-1-2-8(5-7)13(12)15(17)20/h3-4,6-8,12-13H,1-2,5H2/t7-,8+,12-,13-/m0/s1. The molecule has 0 radical (unpaired) electrons. The van der Waals surface area contributed by atoms with E-state index in [0.29, 0.717) is 0 Å². The fourth-order valence-corrected chi connectivity index (χ4v) is 4.44. The fraction of sp³-hybridized carbons (Fsp3) is 0.467. The molecule has 0 aromatic heterocycles. The molecule has 3 aliphatic rings. The van der Waals surface area contributed by atoms with Crippen molar-refractivity contribution >= 4 is 23.2 Å². The highest BCUT2D eigenvalue weighted by Crippen LogP contribution is 2.56. The summed E-state index contributed by atoms with van der Waals surface area (Å²) in [5.41, 5.74) is -0.630. The maximum absolute atomic E-state index is 13.4. The molecule has 1 aliphatic heterocycles. The third-order valence-electron chi connectivity index (χ3n) is 5.31. The molecule has 1 aromatic carbocycles. The largest absolute Gasteiger partial charge is 0.306 e. The number of anilines is 1. The quantitative estimate of drug-likeness (QED) is 0.477. The molecule has 1 heterocycles. The second-order valence-corrected chi connectivity index (χ2v) is 6.29. The number of fused-ring (bicyclic) bond motifs is 5. The minimum absolute atomic E-state index is 0.0944. The first-order valence-electron chi connectivity index (χ1n) is 7.31. The summed E-state index contributed by atoms with van der Waals surface area (Å²) in [6.07, 6.45) is 2.84. The Bertz CT molecular complexity index is 691. The van der Waals surface area contributed by atoms with Gasteiger partial charge in [-0.05, 0) is 43.2 Å². The number of nitrogens with zero attached hydrogens (tertiary/aromatic N) is 2. The minimum atomic E-state index is -0.979. The first-order chi connectivity index (χ1) is 10.5. The van der Waals surface area contributed by atoms with Crippen molar-refractivity contribution in [1.29, 1.82) is 0 Å². The van der Waals surface area contributed by atoms with Crippen molar-refractivity contribution in [3.05, 3.63) is 34.1 Å². The monoisotopic (exact) mass is 304 g/mol. The van der Waals surface area contributed by atoms with Crippen molar-refractivity contribution in [2.45, 2.75) is 19.3 Å². The van der Waals surface area contributed by atoms with Crippen LogP contribution in [0.2, 0.25) is 0 Å². The molecule has 2 amide bonds. The normalized spacial score (nSPS) is 32.7. The van der Waals surface area contributed by atoms with Crippen molar-refractivity contribution in [3.8, 4) is 0 Å². The number of nitro groups is 1. The number of hydrogen-bond acceptors (Lipinski definition) is 4. The molecular weight excluding hydrogens is 291 g/mol. The van der Waals surface area contributed by atoms with Crippen LogP contribution >= 0.6 is 0 Å². The molecular formula is C15H13FN2O4. The summed E-state index contributed by atoms with van der Waals surface area (Å²) in [4.78, 5) is 36.2. The molecule has 1 aromatic rings. The Labute approximate surface area is 125 Å². The molecule has 22 heavy (non-hydrogen) atoms. The SMILES string of the molecule is O=C1[C@H]2[C@@H]3CC[C@@H](C3)[C@@H]2C(=O)N1c1ccc(F)c([N+](=O)[O-])c1. The molecule has 3 fully saturated rings. The third kappa shape index (κ3) is 1.59. The van der Waals surface area contributed by atoms with Gasteiger partial charge in [-0.1, -0.05) is 0 Å². The molecule has 0 unspecified atom stereocenters. The van der Waals surface area contributed by atoms with E-state index >= 15 is 0 Å². The van der Waals surface area contributed by atoms with Crippen LogP contribution in [0.25, 0.3) is 0 Å². The van der Waals surface area contributed by atoms with E-state index in [1.54, 1.807) is 0 Å². The van der Waals surface area contributed by atoms with E-state index in [-0.39, 0.29) is 41.2 Å². The molecule has 0 N–H and O–H groups in total. The maximum Gasteiger partial charge on any atom is 0.306 e. The summed E-state index contributed by atoms with van der Waals surface area (Å²) in [6.45, 7) is 0. The van der Waals surface area contributed by atoms with E-state index in [1.807, 2.05) is 0 Å². The van der Waals surface area contributed by atoms with E-state index in [0.717, 1.165) is 36.3 Å². The fourth-order valence-electron chi connectivity index (χ4n) is 4.44. The summed E-state index contributed by atoms with van der Waals surface area (Å²) >= 11 is 0. The van der Waals surface area contributed by atoms with Crippen molar-refractivity contribution in [2.75, 3.05) is 4.90 Å². The molecule has 2 bridgehead atoms. The topological polar surface area (TPSA) is 80.5 Å². The van der Waals surface area contributed by atoms with E-state index in [1.165, 1.54) is 6.07 Å². The molecule has 4 atom stereocenters. The second kappa shape index (κ2) is 4.34. The first kappa shape index (κ1) is 13.4. The van der Waals surface area contributed by atoms with Gasteiger partial charge in [0.05, 0.1) is 22.4 Å². The predicted molar refractivity (Wildman–Crippen MR) is 73.4 cm³/mol. The van der Waals surface area contributed by atoms with Gasteiger partial charge in [-0.3, -0.25) is 19.7 Å². The highest BCUT2D eigenvalue weighted by molar-refractivity contribution is 6.22. The van der Waals surface area contributed by atoms with Gasteiger partial charge in [0.2, 0.25) is 17.6 Å². The lowest BCUT2D eigenvalue weighted by atomic mass is 9.81. The molecule has 7 heteroatoms. The number of benzene rings is 1. The number of amides is 2. The van der Waals surface area contributed by atoms with Crippen LogP contribution in [0.1, 0.15) is 19.3 Å². The van der Waals surface area contributed by atoms with E-state index in [2.05, 4.69) is 0 Å². The van der Waals surface area contributed by atoms with Gasteiger partial charge < -0.3 is 0 Å². The zero-order valence-corrected chi connectivity index (χ0v) is 11.6. The number of halogens is 1. The van der Waals surface area contributed by atoms with Crippen LogP contribution in [0.3, 0.4) is 0 Å². The number of nitro benzene ring substituents is 1. The molecule has 2 saturated carbocycles. The Hall–Kier alpha value is -2.31. The maximum atomic E-state index is 13.4. The smallest absolute Gasteiger partial charge is 0.274 e. The van der Waals surface area contributed by atoms with Crippen LogP contribution in [-0.4, -0.2) is 16.7 Å². The third-order valence-corrected chi connectivity index (χ3v) is 5.31. The lowest BCUT2D eigenvalue weighted by Gasteiger charge is -2.19. The zero-order chi connectivity index (χ0) is 15.6. The van der Waals surface area contributed by atoms with Gasteiger partial charge in [-0.15, -0.1) is 0 Å². The zero-order valence-electron chi connectivity index (χ0n) is 11.6. The van der Waals surface area contributed by atoms with Crippen LogP contribution in [0.15, 0.2) is 18.2 Å². The van der Waals surface area contributed by atoms with Gasteiger partial charge in [0.1, 0.15) is 0 Å². The summed E-state index contributed by atoms with van der Waals surface area (Å²) < 4.78 is 13.4.